The van der Waals surface area contributed by atoms with Crippen molar-refractivity contribution >= 4 is 110 Å². The first-order valence-corrected chi connectivity index (χ1v) is 38.7. The molecule has 20 rings (SSSR count). The van der Waals surface area contributed by atoms with Crippen molar-refractivity contribution in [2.75, 3.05) is 0 Å². The van der Waals surface area contributed by atoms with Crippen molar-refractivity contribution in [2.24, 2.45) is 35.2 Å². The summed E-state index contributed by atoms with van der Waals surface area (Å²) in [5.74, 6) is -1.88. The summed E-state index contributed by atoms with van der Waals surface area (Å²) in [6.45, 7) is 19.7. The van der Waals surface area contributed by atoms with Gasteiger partial charge in [-0.05, 0) is 177 Å². The van der Waals surface area contributed by atoms with Crippen molar-refractivity contribution in [1.29, 1.82) is 0 Å². The third-order valence-corrected chi connectivity index (χ3v) is 21.9. The highest BCUT2D eigenvalue weighted by molar-refractivity contribution is 6.13. The monoisotopic (exact) mass is 1520 g/mol. The van der Waals surface area contributed by atoms with E-state index in [1.807, 2.05) is 125 Å². The molecule has 570 valence electrons. The summed E-state index contributed by atoms with van der Waals surface area (Å²) in [6, 6.07) is 65.5. The van der Waals surface area contributed by atoms with Crippen LogP contribution < -0.4 is 22.8 Å². The molecule has 0 aliphatic carbocycles. The van der Waals surface area contributed by atoms with Gasteiger partial charge in [0.2, 0.25) is 57.0 Å². The lowest BCUT2D eigenvalue weighted by Gasteiger charge is -2.09. The van der Waals surface area contributed by atoms with Gasteiger partial charge in [0.15, 0.2) is 58.9 Å². The van der Waals surface area contributed by atoms with E-state index < -0.39 is 18.6 Å². The SMILES string of the molecule is Cc1ccc2c(n1)oc1c(-c3cccc[n+]3C)c(C)ccc12.Cc1ccc2c(oc3ncccc32)c1-c1cc(C(C)C)cc[n+]1C.Cc1ccc2c(oc3ncccc32)c1-c1cccc[n+]1C.[2H]C(C)(C)c1cc[n+](C)c(-c2c(C)ccc3c2oc2ncccc23)c1.[2H]C([2H])([2H])C([2H])(C)c1cc[n+](C)c(-c2c(C)ccc3c2oc2ncccc23)c1. The number of rotatable bonds is 8. The fourth-order valence-corrected chi connectivity index (χ4v) is 15.5. The average Bonchev–Trinajstić information content (AvgIpc) is 1.48. The normalized spacial score (nSPS) is 12.9. The highest BCUT2D eigenvalue weighted by atomic mass is 16.4. The van der Waals surface area contributed by atoms with Crippen molar-refractivity contribution < 1.29 is 51.8 Å². The van der Waals surface area contributed by atoms with Crippen LogP contribution in [0.2, 0.25) is 0 Å². The van der Waals surface area contributed by atoms with Crippen LogP contribution in [-0.4, -0.2) is 24.9 Å². The molecule has 0 saturated heterocycles. The maximum Gasteiger partial charge on any atom is 0.227 e. The number of benzene rings is 5. The highest BCUT2D eigenvalue weighted by Gasteiger charge is 2.28. The summed E-state index contributed by atoms with van der Waals surface area (Å²) in [6.07, 6.45) is 17.0. The van der Waals surface area contributed by atoms with E-state index in [9.17, 15) is 0 Å². The fraction of sp³-hybridized carbons (Fsp3) is 0.200. The average molecular weight is 1520 g/mol. The van der Waals surface area contributed by atoms with Crippen LogP contribution in [0.4, 0.5) is 0 Å². The Hall–Kier alpha value is -13.4. The maximum absolute atomic E-state index is 8.45. The molecule has 15 heterocycles. The summed E-state index contributed by atoms with van der Waals surface area (Å²) in [5, 5.41) is 10.5. The van der Waals surface area contributed by atoms with Gasteiger partial charge in [-0.25, -0.2) is 47.8 Å². The number of hydrogen-bond donors (Lipinski definition) is 0. The van der Waals surface area contributed by atoms with Gasteiger partial charge in [-0.3, -0.25) is 0 Å². The number of nitrogens with zero attached hydrogens (tertiary/aromatic N) is 10. The van der Waals surface area contributed by atoms with E-state index in [1.54, 1.807) is 43.1 Å². The Morgan fingerprint density at radius 1 is 0.287 bits per heavy atom. The van der Waals surface area contributed by atoms with E-state index in [2.05, 4.69) is 234 Å². The van der Waals surface area contributed by atoms with Gasteiger partial charge in [0.05, 0.1) is 27.8 Å². The molecule has 0 aliphatic heterocycles. The van der Waals surface area contributed by atoms with Crippen LogP contribution in [0, 0.1) is 41.5 Å². The first-order valence-electron chi connectivity index (χ1n) is 41.2. The zero-order valence-corrected chi connectivity index (χ0v) is 67.8. The van der Waals surface area contributed by atoms with Crippen LogP contribution in [0.3, 0.4) is 0 Å². The number of furan rings is 5. The first kappa shape index (κ1) is 69.5. The molecule has 1 atom stereocenters. The molecule has 20 aromatic rings. The van der Waals surface area contributed by atoms with Gasteiger partial charge in [0, 0.05) is 152 Å². The largest absolute Gasteiger partial charge is 0.437 e. The summed E-state index contributed by atoms with van der Waals surface area (Å²) >= 11 is 0. The summed E-state index contributed by atoms with van der Waals surface area (Å²) in [7, 11) is 10.1. The molecule has 15 nitrogen and oxygen atoms in total. The number of fused-ring (bicyclic) bond motifs is 15. The molecule has 0 radical (unpaired) electrons. The van der Waals surface area contributed by atoms with Crippen LogP contribution in [0.15, 0.2) is 272 Å². The van der Waals surface area contributed by atoms with E-state index in [0.717, 1.165) is 149 Å². The van der Waals surface area contributed by atoms with Gasteiger partial charge < -0.3 is 22.1 Å². The van der Waals surface area contributed by atoms with E-state index in [0.29, 0.717) is 45.6 Å². The molecule has 0 fully saturated rings. The Bertz CT molecular complexity index is 7390. The van der Waals surface area contributed by atoms with Gasteiger partial charge in [-0.15, -0.1) is 0 Å². The lowest BCUT2D eigenvalue weighted by atomic mass is 9.97. The van der Waals surface area contributed by atoms with E-state index in [-0.39, 0.29) is 0 Å². The van der Waals surface area contributed by atoms with E-state index >= 15 is 0 Å². The molecular weight excluding hydrogens is 1420 g/mol. The highest BCUT2D eigenvalue weighted by Crippen LogP contribution is 2.43. The molecular formula is C100H95N10O5+5. The summed E-state index contributed by atoms with van der Waals surface area (Å²) in [4.78, 5) is 21.9. The zero-order chi connectivity index (χ0) is 84.5. The molecule has 115 heavy (non-hydrogen) atoms. The van der Waals surface area contributed by atoms with Crippen molar-refractivity contribution in [3.8, 4) is 56.3 Å². The number of aryl methyl sites for hydroxylation is 11. The minimum atomic E-state index is -2.44. The van der Waals surface area contributed by atoms with Gasteiger partial charge in [0.1, 0.15) is 35.2 Å². The Kier molecular flexibility index (Phi) is 18.9. The molecule has 0 saturated carbocycles. The fourth-order valence-electron chi connectivity index (χ4n) is 15.5. The second kappa shape index (κ2) is 31.3. The molecule has 0 bridgehead atoms. The zero-order valence-electron chi connectivity index (χ0n) is 72.8. The summed E-state index contributed by atoms with van der Waals surface area (Å²) in [5.41, 5.74) is 27.7. The Morgan fingerprint density at radius 2 is 0.574 bits per heavy atom. The molecule has 1 unspecified atom stereocenters. The Labute approximate surface area is 675 Å². The second-order valence-electron chi connectivity index (χ2n) is 30.4. The standard InChI is InChI=1S/3C21H21N2O.C19H17N2O.C18H15N2O/c3*1-13(2)15-9-11-23(4)18(12-15)19-14(3)7-8-16-17-6-5-10-22-21(17)24-20(16)19;1-12-7-9-14-15-10-8-13(2)20-19(15)22-18(14)17(12)16-6-4-5-11-21(16)3;1-12-8-9-13-14-6-5-10-19-18(14)21-17(13)16(12)15-7-3-4-11-20(15)2/h3*5-13H,1-4H3;4-11H,1-3H3;3-11H,1-2H3/q5*+1/i1D3,13D;13D;;;. The third-order valence-electron chi connectivity index (χ3n) is 21.9. The van der Waals surface area contributed by atoms with E-state index in [1.165, 1.54) is 34.9 Å². The molecule has 5 aromatic carbocycles. The van der Waals surface area contributed by atoms with Crippen LogP contribution >= 0.6 is 0 Å². The van der Waals surface area contributed by atoms with Gasteiger partial charge in [0.25, 0.3) is 0 Å². The summed E-state index contributed by atoms with van der Waals surface area (Å²) < 4.78 is 81.0. The minimum absolute atomic E-state index is 0.436. The van der Waals surface area contributed by atoms with Crippen LogP contribution in [0.1, 0.15) is 116 Å². The van der Waals surface area contributed by atoms with E-state index in [4.69, 9.17) is 28.9 Å². The topological polar surface area (TPSA) is 150 Å². The Morgan fingerprint density at radius 3 is 0.896 bits per heavy atom. The van der Waals surface area contributed by atoms with Crippen molar-refractivity contribution in [1.82, 2.24) is 24.9 Å². The molecule has 15 aromatic heterocycles. The third kappa shape index (κ3) is 14.3. The second-order valence-corrected chi connectivity index (χ2v) is 30.4. The quantitative estimate of drug-likeness (QED) is 0.135. The predicted octanol–water partition coefficient (Wildman–Crippen LogP) is 22.6. The first-order chi connectivity index (χ1) is 57.4. The smallest absolute Gasteiger partial charge is 0.227 e. The van der Waals surface area contributed by atoms with Gasteiger partial charge in [-0.2, -0.15) is 0 Å². The van der Waals surface area contributed by atoms with Crippen LogP contribution in [0.25, 0.3) is 167 Å². The number of aromatic nitrogens is 10. The van der Waals surface area contributed by atoms with Crippen molar-refractivity contribution in [3.63, 3.8) is 0 Å². The van der Waals surface area contributed by atoms with Crippen LogP contribution in [0.5, 0.6) is 0 Å². The Balaban J connectivity index is 0.000000112. The van der Waals surface area contributed by atoms with Crippen LogP contribution in [-0.2, 0) is 35.2 Å². The maximum atomic E-state index is 8.45. The lowest BCUT2D eigenvalue weighted by molar-refractivity contribution is -0.660. The van der Waals surface area contributed by atoms with Crippen molar-refractivity contribution in [2.45, 2.75) is 101 Å². The lowest BCUT2D eigenvalue weighted by Crippen LogP contribution is -2.31. The minimum Gasteiger partial charge on any atom is -0.437 e. The number of hydrogen-bond acceptors (Lipinski definition) is 10. The van der Waals surface area contributed by atoms with Gasteiger partial charge in [-0.1, -0.05) is 102 Å². The number of pyridine rings is 10. The molecule has 0 amide bonds. The predicted molar refractivity (Wildman–Crippen MR) is 461 cm³/mol. The molecule has 0 aliphatic rings. The van der Waals surface area contributed by atoms with Crippen molar-refractivity contribution in [3.05, 3.63) is 300 Å². The van der Waals surface area contributed by atoms with Gasteiger partial charge >= 0.3 is 0 Å². The molecule has 0 N–H and O–H groups in total. The molecule has 15 heteroatoms. The molecule has 0 spiro atoms.